The predicted octanol–water partition coefficient (Wildman–Crippen LogP) is 2.61. The van der Waals surface area contributed by atoms with Crippen molar-refractivity contribution in [1.29, 1.82) is 0 Å². The van der Waals surface area contributed by atoms with E-state index in [2.05, 4.69) is 4.99 Å². The topological polar surface area (TPSA) is 66.8 Å². The average Bonchev–Trinajstić information content (AvgIpc) is 2.77. The molecule has 2 heterocycles. The van der Waals surface area contributed by atoms with Crippen molar-refractivity contribution in [2.75, 3.05) is 16.4 Å². The normalized spacial score (nSPS) is 28.1. The lowest BCUT2D eigenvalue weighted by molar-refractivity contribution is -0.115. The van der Waals surface area contributed by atoms with Crippen LogP contribution in [0, 0.1) is 0 Å². The molecule has 0 radical (unpaired) electrons. The molecule has 5 nitrogen and oxygen atoms in total. The highest BCUT2D eigenvalue weighted by Gasteiger charge is 2.49. The Bertz CT molecular complexity index is 759. The van der Waals surface area contributed by atoms with Crippen LogP contribution in [-0.2, 0) is 14.6 Å². The molecule has 1 amide bonds. The number of fused-ring (bicyclic) bond motifs is 1. The number of sulfone groups is 1. The zero-order valence-corrected chi connectivity index (χ0v) is 14.6. The van der Waals surface area contributed by atoms with Gasteiger partial charge in [-0.3, -0.25) is 4.79 Å². The summed E-state index contributed by atoms with van der Waals surface area (Å²) < 4.78 is 23.8. The maximum Gasteiger partial charge on any atom is 0.244 e. The van der Waals surface area contributed by atoms with E-state index in [0.29, 0.717) is 20.9 Å². The lowest BCUT2D eigenvalue weighted by Gasteiger charge is -2.24. The molecule has 2 saturated heterocycles. The van der Waals surface area contributed by atoms with Crippen LogP contribution in [-0.4, -0.2) is 42.3 Å². The maximum atomic E-state index is 11.9. The fourth-order valence-corrected chi connectivity index (χ4v) is 7.15. The number of anilines is 1. The molecule has 3 rings (SSSR count). The number of amides is 1. The Labute approximate surface area is 142 Å². The first-order valence-electron chi connectivity index (χ1n) is 6.47. The van der Waals surface area contributed by atoms with Crippen molar-refractivity contribution >= 4 is 61.6 Å². The number of carbonyl (C=O) groups excluding carboxylic acids is 1. The number of benzene rings is 1. The van der Waals surface area contributed by atoms with Gasteiger partial charge >= 0.3 is 0 Å². The van der Waals surface area contributed by atoms with Gasteiger partial charge in [0.1, 0.15) is 0 Å². The van der Waals surface area contributed by atoms with E-state index >= 15 is 0 Å². The van der Waals surface area contributed by atoms with Crippen molar-refractivity contribution in [3.05, 3.63) is 28.2 Å². The van der Waals surface area contributed by atoms with Gasteiger partial charge in [-0.1, -0.05) is 35.0 Å². The molecule has 22 heavy (non-hydrogen) atoms. The van der Waals surface area contributed by atoms with Gasteiger partial charge in [-0.15, -0.1) is 0 Å². The lowest BCUT2D eigenvalue weighted by Crippen LogP contribution is -2.37. The second-order valence-electron chi connectivity index (χ2n) is 5.21. The van der Waals surface area contributed by atoms with Crippen molar-refractivity contribution < 1.29 is 13.2 Å². The molecule has 0 bridgehead atoms. The van der Waals surface area contributed by atoms with E-state index in [4.69, 9.17) is 23.2 Å². The van der Waals surface area contributed by atoms with Crippen LogP contribution in [0.15, 0.2) is 23.2 Å². The molecule has 0 N–H and O–H groups in total. The van der Waals surface area contributed by atoms with Gasteiger partial charge in [-0.05, 0) is 18.2 Å². The number of halogens is 2. The summed E-state index contributed by atoms with van der Waals surface area (Å²) in [6.45, 7) is 1.36. The Balaban J connectivity index is 2.08. The number of nitrogens with zero attached hydrogens (tertiary/aromatic N) is 2. The van der Waals surface area contributed by atoms with Crippen LogP contribution in [0.1, 0.15) is 6.92 Å². The minimum Gasteiger partial charge on any atom is -0.315 e. The third-order valence-electron chi connectivity index (χ3n) is 3.45. The van der Waals surface area contributed by atoms with Gasteiger partial charge in [0.05, 0.1) is 17.5 Å². The molecule has 0 saturated carbocycles. The summed E-state index contributed by atoms with van der Waals surface area (Å²) in [5, 5.41) is 1.24. The summed E-state index contributed by atoms with van der Waals surface area (Å²) in [6.07, 6.45) is 0. The van der Waals surface area contributed by atoms with Crippen molar-refractivity contribution in [2.45, 2.75) is 18.2 Å². The molecule has 2 aliphatic rings. The number of aliphatic imine (C=N–C) groups is 1. The van der Waals surface area contributed by atoms with E-state index < -0.39 is 9.84 Å². The molecule has 1 aromatic rings. The van der Waals surface area contributed by atoms with Crippen LogP contribution in [0.25, 0.3) is 0 Å². The van der Waals surface area contributed by atoms with Gasteiger partial charge in [0.2, 0.25) is 5.91 Å². The molecule has 0 aromatic heterocycles. The minimum atomic E-state index is -3.09. The molecule has 0 aliphatic carbocycles. The number of hydrogen-bond donors (Lipinski definition) is 0. The Hall–Kier alpha value is -0.760. The van der Waals surface area contributed by atoms with Crippen molar-refractivity contribution in [3.8, 4) is 0 Å². The summed E-state index contributed by atoms with van der Waals surface area (Å²) in [6, 6.07) is 4.72. The van der Waals surface area contributed by atoms with Crippen molar-refractivity contribution in [2.24, 2.45) is 4.99 Å². The third kappa shape index (κ3) is 3.13. The van der Waals surface area contributed by atoms with Crippen LogP contribution >= 0.6 is 35.0 Å². The quantitative estimate of drug-likeness (QED) is 0.751. The average molecular weight is 379 g/mol. The Morgan fingerprint density at radius 1 is 1.27 bits per heavy atom. The van der Waals surface area contributed by atoms with E-state index in [9.17, 15) is 13.2 Å². The fraction of sp³-hybridized carbons (Fsp3) is 0.385. The molecule has 2 unspecified atom stereocenters. The molecule has 0 spiro atoms. The second-order valence-corrected chi connectivity index (χ2v) is 9.44. The summed E-state index contributed by atoms with van der Waals surface area (Å²) in [7, 11) is -3.09. The van der Waals surface area contributed by atoms with Crippen LogP contribution in [0.5, 0.6) is 0 Å². The number of rotatable bonds is 1. The van der Waals surface area contributed by atoms with E-state index in [1.165, 1.54) is 18.7 Å². The molecule has 1 aromatic carbocycles. The highest BCUT2D eigenvalue weighted by Crippen LogP contribution is 2.42. The maximum absolute atomic E-state index is 11.9. The number of carbonyl (C=O) groups is 1. The first-order valence-corrected chi connectivity index (χ1v) is 9.92. The molecule has 2 fully saturated rings. The summed E-state index contributed by atoms with van der Waals surface area (Å²) in [5.74, 6) is -0.209. The van der Waals surface area contributed by atoms with Gasteiger partial charge in [0.15, 0.2) is 15.0 Å². The smallest absolute Gasteiger partial charge is 0.244 e. The minimum absolute atomic E-state index is 0.0335. The first-order chi connectivity index (χ1) is 10.2. The summed E-state index contributed by atoms with van der Waals surface area (Å²) in [5.41, 5.74) is 0.648. The van der Waals surface area contributed by atoms with Crippen LogP contribution in [0.3, 0.4) is 0 Å². The van der Waals surface area contributed by atoms with E-state index in [1.54, 1.807) is 23.1 Å². The van der Waals surface area contributed by atoms with Gasteiger partial charge in [0.25, 0.3) is 0 Å². The van der Waals surface area contributed by atoms with Crippen LogP contribution in [0.2, 0.25) is 10.0 Å². The first kappa shape index (κ1) is 16.1. The lowest BCUT2D eigenvalue weighted by atomic mass is 10.2. The third-order valence-corrected chi connectivity index (χ3v) is 7.09. The number of thioether (sulfide) groups is 1. The van der Waals surface area contributed by atoms with E-state index in [-0.39, 0.29) is 28.7 Å². The highest BCUT2D eigenvalue weighted by atomic mass is 35.5. The summed E-state index contributed by atoms with van der Waals surface area (Å²) >= 11 is 13.4. The Morgan fingerprint density at radius 3 is 2.50 bits per heavy atom. The van der Waals surface area contributed by atoms with E-state index in [0.717, 1.165) is 0 Å². The summed E-state index contributed by atoms with van der Waals surface area (Å²) in [4.78, 5) is 17.1. The molecule has 118 valence electrons. The molecular weight excluding hydrogens is 367 g/mol. The predicted molar refractivity (Wildman–Crippen MR) is 90.9 cm³/mol. The standard InChI is InChI=1S/C13H12Cl2N2O3S2/c1-7(18)16-13-17(10-3-8(14)2-9(15)4-10)11-5-22(19,20)6-12(11)21-13/h2-4,11-12H,5-6H2,1H3. The zero-order valence-electron chi connectivity index (χ0n) is 11.5. The molecule has 2 aliphatic heterocycles. The molecular formula is C13H12Cl2N2O3S2. The highest BCUT2D eigenvalue weighted by molar-refractivity contribution is 8.16. The molecule has 9 heteroatoms. The largest absolute Gasteiger partial charge is 0.315 e. The van der Waals surface area contributed by atoms with Gasteiger partial charge in [-0.25, -0.2) is 8.42 Å². The SMILES string of the molecule is CC(=O)N=C1SC2CS(=O)(=O)CC2N1c1cc(Cl)cc(Cl)c1. The second kappa shape index (κ2) is 5.70. The van der Waals surface area contributed by atoms with Gasteiger partial charge < -0.3 is 4.90 Å². The molecule has 2 atom stereocenters. The van der Waals surface area contributed by atoms with Gasteiger partial charge in [-0.2, -0.15) is 4.99 Å². The van der Waals surface area contributed by atoms with Crippen molar-refractivity contribution in [1.82, 2.24) is 0 Å². The Morgan fingerprint density at radius 2 is 1.91 bits per heavy atom. The van der Waals surface area contributed by atoms with Crippen molar-refractivity contribution in [3.63, 3.8) is 0 Å². The van der Waals surface area contributed by atoms with Crippen LogP contribution in [0.4, 0.5) is 5.69 Å². The number of amidine groups is 1. The van der Waals surface area contributed by atoms with E-state index in [1.807, 2.05) is 0 Å². The Kier molecular flexibility index (Phi) is 4.18. The zero-order chi connectivity index (χ0) is 16.1. The van der Waals surface area contributed by atoms with Gasteiger partial charge in [0, 0.05) is 27.9 Å². The fourth-order valence-electron chi connectivity index (χ4n) is 2.68. The number of hydrogen-bond acceptors (Lipinski definition) is 4. The van der Waals surface area contributed by atoms with Crippen LogP contribution < -0.4 is 4.90 Å². The monoisotopic (exact) mass is 378 g/mol.